The normalized spacial score (nSPS) is 11.1. The van der Waals surface area contributed by atoms with Crippen LogP contribution in [0, 0.1) is 13.8 Å². The van der Waals surface area contributed by atoms with Gasteiger partial charge >= 0.3 is 0 Å². The molecule has 2 N–H and O–H groups in total. The Morgan fingerprint density at radius 2 is 1.95 bits per heavy atom. The van der Waals surface area contributed by atoms with Crippen molar-refractivity contribution in [2.24, 2.45) is 5.73 Å². The van der Waals surface area contributed by atoms with Gasteiger partial charge in [-0.05, 0) is 49.9 Å². The molecule has 0 atom stereocenters. The molecule has 4 heteroatoms. The number of aromatic nitrogens is 3. The Morgan fingerprint density at radius 1 is 1.20 bits per heavy atom. The molecule has 0 saturated heterocycles. The Labute approximate surface area is 121 Å². The maximum absolute atomic E-state index is 5.80. The molecule has 0 aromatic carbocycles. The predicted octanol–water partition coefficient (Wildman–Crippen LogP) is 2.86. The Kier molecular flexibility index (Phi) is 4.55. The zero-order valence-corrected chi connectivity index (χ0v) is 12.9. The Hall–Kier alpha value is -1.68. The Balaban J connectivity index is 2.54. The summed E-state index contributed by atoms with van der Waals surface area (Å²) in [5.41, 5.74) is 11.6. The van der Waals surface area contributed by atoms with Crippen LogP contribution < -0.4 is 5.73 Å². The van der Waals surface area contributed by atoms with E-state index in [1.165, 1.54) is 11.3 Å². The highest BCUT2D eigenvalue weighted by atomic mass is 15.3. The van der Waals surface area contributed by atoms with Crippen molar-refractivity contribution in [3.8, 4) is 5.82 Å². The van der Waals surface area contributed by atoms with Crippen LogP contribution in [0.2, 0.25) is 0 Å². The highest BCUT2D eigenvalue weighted by molar-refractivity contribution is 5.36. The van der Waals surface area contributed by atoms with Crippen molar-refractivity contribution in [2.75, 3.05) is 0 Å². The lowest BCUT2D eigenvalue weighted by Gasteiger charge is -2.09. The van der Waals surface area contributed by atoms with Gasteiger partial charge in [0.25, 0.3) is 0 Å². The van der Waals surface area contributed by atoms with Crippen LogP contribution in [0.5, 0.6) is 0 Å². The number of hydrogen-bond donors (Lipinski definition) is 1. The van der Waals surface area contributed by atoms with Gasteiger partial charge in [0.15, 0.2) is 5.82 Å². The van der Waals surface area contributed by atoms with Gasteiger partial charge < -0.3 is 5.73 Å². The fourth-order valence-electron chi connectivity index (χ4n) is 2.65. The molecule has 0 saturated carbocycles. The molecule has 108 valence electrons. The van der Waals surface area contributed by atoms with Crippen molar-refractivity contribution >= 4 is 0 Å². The van der Waals surface area contributed by atoms with E-state index in [0.717, 1.165) is 42.0 Å². The minimum Gasteiger partial charge on any atom is -0.326 e. The van der Waals surface area contributed by atoms with Crippen molar-refractivity contribution in [1.82, 2.24) is 14.8 Å². The number of hydrogen-bond acceptors (Lipinski definition) is 3. The maximum atomic E-state index is 5.80. The van der Waals surface area contributed by atoms with Crippen molar-refractivity contribution in [3.63, 3.8) is 0 Å². The molecule has 20 heavy (non-hydrogen) atoms. The van der Waals surface area contributed by atoms with Crippen molar-refractivity contribution in [1.29, 1.82) is 0 Å². The van der Waals surface area contributed by atoms with Crippen molar-refractivity contribution in [3.05, 3.63) is 40.3 Å². The Morgan fingerprint density at radius 3 is 2.50 bits per heavy atom. The molecule has 0 unspecified atom stereocenters. The number of rotatable bonds is 5. The van der Waals surface area contributed by atoms with Gasteiger partial charge in [0.05, 0.1) is 5.69 Å². The van der Waals surface area contributed by atoms with Crippen LogP contribution in [0.15, 0.2) is 12.1 Å². The van der Waals surface area contributed by atoms with E-state index in [9.17, 15) is 0 Å². The van der Waals surface area contributed by atoms with Crippen LogP contribution in [0.1, 0.15) is 48.5 Å². The lowest BCUT2D eigenvalue weighted by molar-refractivity contribution is 0.780. The predicted molar refractivity (Wildman–Crippen MR) is 82.1 cm³/mol. The van der Waals surface area contributed by atoms with E-state index < -0.39 is 0 Å². The average molecular weight is 272 g/mol. The van der Waals surface area contributed by atoms with Crippen LogP contribution in [0.25, 0.3) is 5.82 Å². The van der Waals surface area contributed by atoms with E-state index in [0.29, 0.717) is 6.54 Å². The lowest BCUT2D eigenvalue weighted by Crippen LogP contribution is -2.07. The highest BCUT2D eigenvalue weighted by Crippen LogP contribution is 2.19. The van der Waals surface area contributed by atoms with E-state index in [1.807, 2.05) is 10.7 Å². The summed E-state index contributed by atoms with van der Waals surface area (Å²) in [6.45, 7) is 9.02. The Bertz CT molecular complexity index is 599. The van der Waals surface area contributed by atoms with Gasteiger partial charge in [-0.3, -0.25) is 0 Å². The molecular weight excluding hydrogens is 248 g/mol. The van der Waals surface area contributed by atoms with Crippen LogP contribution in [-0.4, -0.2) is 14.8 Å². The molecule has 0 amide bonds. The standard InChI is InChI=1S/C16H24N4/c1-5-7-14-8-13(10-17)9-16(18-14)20-12(4)15(6-2)11(3)19-20/h8-9H,5-7,10,17H2,1-4H3. The molecular formula is C16H24N4. The van der Waals surface area contributed by atoms with Gasteiger partial charge in [0.1, 0.15) is 0 Å². The van der Waals surface area contributed by atoms with Crippen LogP contribution in [-0.2, 0) is 19.4 Å². The van der Waals surface area contributed by atoms with Crippen LogP contribution in [0.3, 0.4) is 0 Å². The largest absolute Gasteiger partial charge is 0.326 e. The number of nitrogens with zero attached hydrogens (tertiary/aromatic N) is 3. The second-order valence-electron chi connectivity index (χ2n) is 5.19. The van der Waals surface area contributed by atoms with E-state index >= 15 is 0 Å². The van der Waals surface area contributed by atoms with Crippen LogP contribution >= 0.6 is 0 Å². The van der Waals surface area contributed by atoms with Crippen molar-refractivity contribution < 1.29 is 0 Å². The first-order valence-corrected chi connectivity index (χ1v) is 7.36. The molecule has 2 rings (SSSR count). The van der Waals surface area contributed by atoms with Crippen molar-refractivity contribution in [2.45, 2.75) is 53.5 Å². The smallest absolute Gasteiger partial charge is 0.154 e. The fraction of sp³-hybridized carbons (Fsp3) is 0.500. The van der Waals surface area contributed by atoms with E-state index in [1.54, 1.807) is 0 Å². The SMILES string of the molecule is CCCc1cc(CN)cc(-n2nc(C)c(CC)c2C)n1. The molecule has 0 aliphatic carbocycles. The number of pyridine rings is 1. The van der Waals surface area contributed by atoms with E-state index in [-0.39, 0.29) is 0 Å². The molecule has 2 aromatic rings. The molecule has 0 fully saturated rings. The molecule has 0 radical (unpaired) electrons. The summed E-state index contributed by atoms with van der Waals surface area (Å²) < 4.78 is 1.95. The summed E-state index contributed by atoms with van der Waals surface area (Å²) in [5.74, 6) is 0.886. The molecule has 0 bridgehead atoms. The molecule has 0 aliphatic rings. The minimum absolute atomic E-state index is 0.534. The number of nitrogens with two attached hydrogens (primary N) is 1. The van der Waals surface area contributed by atoms with Gasteiger partial charge in [-0.15, -0.1) is 0 Å². The third-order valence-corrected chi connectivity index (χ3v) is 3.68. The molecule has 2 heterocycles. The highest BCUT2D eigenvalue weighted by Gasteiger charge is 2.13. The second kappa shape index (κ2) is 6.18. The molecule has 0 aliphatic heterocycles. The van der Waals surface area contributed by atoms with Gasteiger partial charge in [-0.2, -0.15) is 5.10 Å². The lowest BCUT2D eigenvalue weighted by atomic mass is 10.1. The summed E-state index contributed by atoms with van der Waals surface area (Å²) in [5, 5.41) is 4.64. The summed E-state index contributed by atoms with van der Waals surface area (Å²) >= 11 is 0. The topological polar surface area (TPSA) is 56.7 Å². The molecule has 4 nitrogen and oxygen atoms in total. The first kappa shape index (κ1) is 14.7. The third kappa shape index (κ3) is 2.75. The zero-order chi connectivity index (χ0) is 14.7. The number of aryl methyl sites for hydroxylation is 2. The van der Waals surface area contributed by atoms with Gasteiger partial charge in [-0.1, -0.05) is 20.3 Å². The molecule has 2 aromatic heterocycles. The fourth-order valence-corrected chi connectivity index (χ4v) is 2.65. The summed E-state index contributed by atoms with van der Waals surface area (Å²) in [4.78, 5) is 4.74. The zero-order valence-electron chi connectivity index (χ0n) is 12.9. The summed E-state index contributed by atoms with van der Waals surface area (Å²) in [6, 6.07) is 4.14. The van der Waals surface area contributed by atoms with Gasteiger partial charge in [0, 0.05) is 17.9 Å². The second-order valence-corrected chi connectivity index (χ2v) is 5.19. The first-order chi connectivity index (χ1) is 9.60. The van der Waals surface area contributed by atoms with Gasteiger partial charge in [-0.25, -0.2) is 9.67 Å². The minimum atomic E-state index is 0.534. The quantitative estimate of drug-likeness (QED) is 0.910. The summed E-state index contributed by atoms with van der Waals surface area (Å²) in [7, 11) is 0. The monoisotopic (exact) mass is 272 g/mol. The first-order valence-electron chi connectivity index (χ1n) is 7.36. The molecule has 0 spiro atoms. The average Bonchev–Trinajstić information content (AvgIpc) is 2.73. The van der Waals surface area contributed by atoms with Gasteiger partial charge in [0.2, 0.25) is 0 Å². The van der Waals surface area contributed by atoms with Crippen LogP contribution in [0.4, 0.5) is 0 Å². The third-order valence-electron chi connectivity index (χ3n) is 3.68. The van der Waals surface area contributed by atoms with E-state index in [2.05, 4.69) is 38.9 Å². The summed E-state index contributed by atoms with van der Waals surface area (Å²) in [6.07, 6.45) is 3.05. The van der Waals surface area contributed by atoms with E-state index in [4.69, 9.17) is 10.7 Å². The maximum Gasteiger partial charge on any atom is 0.154 e.